The third-order valence-corrected chi connectivity index (χ3v) is 11.7. The maximum atomic E-state index is 6.96. The van der Waals surface area contributed by atoms with Gasteiger partial charge >= 0.3 is 0 Å². The average molecular weight is 845 g/mol. The number of hydrogen-bond donors (Lipinski definition) is 0. The number of allylic oxidation sites excluding steroid dienone is 1. The predicted octanol–water partition coefficient (Wildman–Crippen LogP) is 13.3. The SMILES string of the molecule is CCCCC(CC)COC1=C(OCC(CC)CCCC)C(I)=C(OCC(CC)CCCC)C(I)(OCC(CC)CCCC)C1. The van der Waals surface area contributed by atoms with E-state index in [0.29, 0.717) is 30.1 Å². The minimum absolute atomic E-state index is 0.550. The summed E-state index contributed by atoms with van der Waals surface area (Å²) in [6.45, 7) is 21.2. The van der Waals surface area contributed by atoms with Gasteiger partial charge in [0, 0.05) is 0 Å². The second kappa shape index (κ2) is 25.3. The monoisotopic (exact) mass is 844 g/mol. The van der Waals surface area contributed by atoms with Crippen molar-refractivity contribution in [1.29, 1.82) is 0 Å². The molecule has 5 unspecified atom stereocenters. The van der Waals surface area contributed by atoms with Crippen LogP contribution in [0.15, 0.2) is 20.9 Å². The normalized spacial score (nSPS) is 20.0. The standard InChI is InChI=1S/C38H70I2O4/c1-9-17-21-30(13-5)26-41-34-25-38(40,44-29-33(16-8)24-20-12-4)37(43-28-32(15-7)23-19-11-3)35(39)36(34)42-27-31(14-6)22-18-10-2/h30-33H,9-29H2,1-8H3. The molecule has 1 aliphatic carbocycles. The maximum absolute atomic E-state index is 6.96. The van der Waals surface area contributed by atoms with Crippen LogP contribution >= 0.6 is 45.2 Å². The molecule has 0 aromatic heterocycles. The van der Waals surface area contributed by atoms with Crippen molar-refractivity contribution in [2.45, 2.75) is 168 Å². The predicted molar refractivity (Wildman–Crippen MR) is 206 cm³/mol. The van der Waals surface area contributed by atoms with Crippen molar-refractivity contribution < 1.29 is 18.9 Å². The van der Waals surface area contributed by atoms with E-state index in [-0.39, 0.29) is 0 Å². The third kappa shape index (κ3) is 15.5. The van der Waals surface area contributed by atoms with Crippen molar-refractivity contribution in [3.05, 3.63) is 20.9 Å². The van der Waals surface area contributed by atoms with Gasteiger partial charge in [-0.1, -0.05) is 132 Å². The topological polar surface area (TPSA) is 36.9 Å². The summed E-state index contributed by atoms with van der Waals surface area (Å²) in [4.78, 5) is 0. The lowest BCUT2D eigenvalue weighted by Gasteiger charge is -2.38. The van der Waals surface area contributed by atoms with Crippen LogP contribution in [0.1, 0.15) is 165 Å². The molecule has 4 nitrogen and oxygen atoms in total. The summed E-state index contributed by atoms with van der Waals surface area (Å²) < 4.78 is 27.8. The number of halogens is 2. The zero-order valence-electron chi connectivity index (χ0n) is 30.0. The quantitative estimate of drug-likeness (QED) is 0.0581. The Bertz CT molecular complexity index is 798. The highest BCUT2D eigenvalue weighted by Gasteiger charge is 2.45. The van der Waals surface area contributed by atoms with E-state index in [1.165, 1.54) is 77.0 Å². The van der Waals surface area contributed by atoms with E-state index in [9.17, 15) is 0 Å². The number of hydrogen-bond acceptors (Lipinski definition) is 4. The average Bonchev–Trinajstić information content (AvgIpc) is 3.03. The maximum Gasteiger partial charge on any atom is 0.183 e. The molecule has 0 bridgehead atoms. The minimum atomic E-state index is -0.601. The summed E-state index contributed by atoms with van der Waals surface area (Å²) in [5, 5.41) is 0. The van der Waals surface area contributed by atoms with Gasteiger partial charge in [0.2, 0.25) is 0 Å². The van der Waals surface area contributed by atoms with Crippen LogP contribution < -0.4 is 0 Å². The van der Waals surface area contributed by atoms with Crippen molar-refractivity contribution in [3.8, 4) is 0 Å². The van der Waals surface area contributed by atoms with Gasteiger partial charge in [-0.2, -0.15) is 0 Å². The molecule has 0 radical (unpaired) electrons. The van der Waals surface area contributed by atoms with Crippen molar-refractivity contribution >= 4 is 45.2 Å². The summed E-state index contributed by atoms with van der Waals surface area (Å²) >= 11 is 5.03. The van der Waals surface area contributed by atoms with E-state index in [1.54, 1.807) is 0 Å². The lowest BCUT2D eigenvalue weighted by atomic mass is 9.98. The first-order valence-corrected chi connectivity index (χ1v) is 20.8. The zero-order valence-corrected chi connectivity index (χ0v) is 34.4. The highest BCUT2D eigenvalue weighted by molar-refractivity contribution is 14.1. The summed E-state index contributed by atoms with van der Waals surface area (Å²) in [6, 6.07) is 0. The van der Waals surface area contributed by atoms with Crippen LogP contribution in [-0.4, -0.2) is 30.0 Å². The van der Waals surface area contributed by atoms with E-state index in [2.05, 4.69) is 101 Å². The molecule has 1 aliphatic rings. The first kappa shape index (κ1) is 42.3. The van der Waals surface area contributed by atoms with Crippen LogP contribution in [0.2, 0.25) is 0 Å². The molecule has 0 spiro atoms. The zero-order chi connectivity index (χ0) is 32.8. The molecule has 0 saturated carbocycles. The molecule has 0 aromatic rings. The second-order valence-electron chi connectivity index (χ2n) is 13.2. The van der Waals surface area contributed by atoms with Crippen LogP contribution in [0.5, 0.6) is 0 Å². The van der Waals surface area contributed by atoms with E-state index in [1.807, 2.05) is 0 Å². The fourth-order valence-electron chi connectivity index (χ4n) is 5.77. The molecular weight excluding hydrogens is 774 g/mol. The van der Waals surface area contributed by atoms with Crippen molar-refractivity contribution in [3.63, 3.8) is 0 Å². The molecule has 0 heterocycles. The van der Waals surface area contributed by atoms with Gasteiger partial charge in [-0.05, 0) is 94.5 Å². The molecule has 1 rings (SSSR count). The van der Waals surface area contributed by atoms with Gasteiger partial charge in [-0.15, -0.1) is 0 Å². The Morgan fingerprint density at radius 3 is 1.36 bits per heavy atom. The van der Waals surface area contributed by atoms with E-state index < -0.39 is 3.61 Å². The fourth-order valence-corrected chi connectivity index (χ4v) is 8.28. The van der Waals surface area contributed by atoms with Crippen LogP contribution in [0.4, 0.5) is 0 Å². The van der Waals surface area contributed by atoms with Crippen LogP contribution in [0.25, 0.3) is 0 Å². The first-order valence-electron chi connectivity index (χ1n) is 18.6. The molecule has 0 aliphatic heterocycles. The Morgan fingerprint density at radius 2 is 0.955 bits per heavy atom. The van der Waals surface area contributed by atoms with Crippen LogP contribution in [0, 0.1) is 23.7 Å². The highest BCUT2D eigenvalue weighted by Crippen LogP contribution is 2.48. The van der Waals surface area contributed by atoms with E-state index >= 15 is 0 Å². The van der Waals surface area contributed by atoms with Gasteiger partial charge < -0.3 is 18.9 Å². The molecule has 0 aromatic carbocycles. The van der Waals surface area contributed by atoms with Gasteiger partial charge in [-0.25, -0.2) is 0 Å². The fraction of sp³-hybridized carbons (Fsp3) is 0.895. The molecule has 0 fully saturated rings. The Hall–Kier alpha value is 0.300. The first-order chi connectivity index (χ1) is 21.3. The molecular formula is C38H70I2O4. The number of rotatable bonds is 28. The number of ether oxygens (including phenoxy) is 4. The summed E-state index contributed by atoms with van der Waals surface area (Å²) in [7, 11) is 0. The third-order valence-electron chi connectivity index (χ3n) is 9.52. The summed E-state index contributed by atoms with van der Waals surface area (Å²) in [5.41, 5.74) is 0. The van der Waals surface area contributed by atoms with Crippen molar-refractivity contribution in [2.75, 3.05) is 26.4 Å². The van der Waals surface area contributed by atoms with E-state index in [0.717, 1.165) is 73.0 Å². The molecule has 0 amide bonds. The molecule has 260 valence electrons. The Labute approximate surface area is 301 Å². The van der Waals surface area contributed by atoms with Gasteiger partial charge in [0.25, 0.3) is 0 Å². The van der Waals surface area contributed by atoms with Crippen molar-refractivity contribution in [1.82, 2.24) is 0 Å². The van der Waals surface area contributed by atoms with Crippen LogP contribution in [-0.2, 0) is 18.9 Å². The largest absolute Gasteiger partial charge is 0.494 e. The highest BCUT2D eigenvalue weighted by atomic mass is 127. The summed E-state index contributed by atoms with van der Waals surface area (Å²) in [5.74, 6) is 5.02. The van der Waals surface area contributed by atoms with Gasteiger partial charge in [0.15, 0.2) is 15.1 Å². The Morgan fingerprint density at radius 1 is 0.568 bits per heavy atom. The number of unbranched alkanes of at least 4 members (excludes halogenated alkanes) is 4. The number of alkyl halides is 1. The lowest BCUT2D eigenvalue weighted by Crippen LogP contribution is -2.37. The van der Waals surface area contributed by atoms with E-state index in [4.69, 9.17) is 18.9 Å². The lowest BCUT2D eigenvalue weighted by molar-refractivity contribution is -0.0231. The molecule has 0 N–H and O–H groups in total. The van der Waals surface area contributed by atoms with Gasteiger partial charge in [0.1, 0.15) is 9.34 Å². The Balaban J connectivity index is 3.47. The molecule has 6 heteroatoms. The molecule has 0 saturated heterocycles. The second-order valence-corrected chi connectivity index (χ2v) is 16.0. The van der Waals surface area contributed by atoms with Crippen LogP contribution in [0.3, 0.4) is 0 Å². The smallest absolute Gasteiger partial charge is 0.183 e. The van der Waals surface area contributed by atoms with Gasteiger partial charge in [0.05, 0.1) is 32.8 Å². The summed E-state index contributed by atoms with van der Waals surface area (Å²) in [6.07, 6.45) is 19.9. The minimum Gasteiger partial charge on any atom is -0.494 e. The molecule has 5 atom stereocenters. The van der Waals surface area contributed by atoms with Gasteiger partial charge in [-0.3, -0.25) is 0 Å². The van der Waals surface area contributed by atoms with Crippen molar-refractivity contribution in [2.24, 2.45) is 23.7 Å². The Kier molecular flexibility index (Phi) is 24.4. The molecule has 44 heavy (non-hydrogen) atoms.